The molecule has 0 heterocycles. The molecule has 0 spiro atoms. The van der Waals surface area contributed by atoms with Crippen LogP contribution in [0, 0.1) is 5.92 Å². The fourth-order valence-corrected chi connectivity index (χ4v) is 2.36. The highest BCUT2D eigenvalue weighted by Crippen LogP contribution is 2.29. The monoisotopic (exact) mass is 341 g/mol. The Balaban J connectivity index is 1.84. The zero-order valence-electron chi connectivity index (χ0n) is 13.1. The first kappa shape index (κ1) is 18.0. The average Bonchev–Trinajstić information content (AvgIpc) is 2.99. The second-order valence-corrected chi connectivity index (χ2v) is 5.67. The molecule has 1 aliphatic carbocycles. The summed E-state index contributed by atoms with van der Waals surface area (Å²) in [6.07, 6.45) is 0.537. The SMILES string of the molecule is C[C@@H](OC(=O)C[C@@H]1C=CCC1)C(=O)Nc1ccc(C(F)(F)F)cc1. The van der Waals surface area contributed by atoms with E-state index in [9.17, 15) is 22.8 Å². The molecule has 4 nitrogen and oxygen atoms in total. The molecule has 1 aromatic rings. The van der Waals surface area contributed by atoms with Crippen molar-refractivity contribution in [1.29, 1.82) is 0 Å². The maximum atomic E-state index is 12.5. The summed E-state index contributed by atoms with van der Waals surface area (Å²) < 4.78 is 42.5. The lowest BCUT2D eigenvalue weighted by atomic mass is 10.1. The van der Waals surface area contributed by atoms with Crippen LogP contribution < -0.4 is 5.32 Å². The molecule has 2 rings (SSSR count). The van der Waals surface area contributed by atoms with Crippen molar-refractivity contribution in [3.05, 3.63) is 42.0 Å². The highest BCUT2D eigenvalue weighted by atomic mass is 19.4. The Hall–Kier alpha value is -2.31. The number of carbonyl (C=O) groups excluding carboxylic acids is 2. The van der Waals surface area contributed by atoms with E-state index >= 15 is 0 Å². The summed E-state index contributed by atoms with van der Waals surface area (Å²) >= 11 is 0. The molecule has 7 heteroatoms. The van der Waals surface area contributed by atoms with E-state index in [4.69, 9.17) is 4.74 Å². The zero-order chi connectivity index (χ0) is 17.7. The first-order valence-electron chi connectivity index (χ1n) is 7.60. The van der Waals surface area contributed by atoms with Gasteiger partial charge in [0.1, 0.15) is 0 Å². The third kappa shape index (κ3) is 5.11. The molecule has 1 amide bonds. The maximum absolute atomic E-state index is 12.5. The number of alkyl halides is 3. The molecule has 0 bridgehead atoms. The number of rotatable bonds is 5. The van der Waals surface area contributed by atoms with Crippen LogP contribution >= 0.6 is 0 Å². The minimum absolute atomic E-state index is 0.141. The van der Waals surface area contributed by atoms with Gasteiger partial charge in [0.2, 0.25) is 0 Å². The second kappa shape index (κ2) is 7.51. The van der Waals surface area contributed by atoms with Crippen LogP contribution in [0.2, 0.25) is 0 Å². The largest absolute Gasteiger partial charge is 0.453 e. The first-order chi connectivity index (χ1) is 11.3. The molecule has 0 saturated heterocycles. The predicted molar refractivity (Wildman–Crippen MR) is 82.1 cm³/mol. The van der Waals surface area contributed by atoms with Gasteiger partial charge in [0, 0.05) is 5.69 Å². The van der Waals surface area contributed by atoms with E-state index in [1.165, 1.54) is 6.92 Å². The number of ether oxygens (including phenoxy) is 1. The van der Waals surface area contributed by atoms with Gasteiger partial charge in [-0.05, 0) is 49.9 Å². The molecular weight excluding hydrogens is 323 g/mol. The van der Waals surface area contributed by atoms with Crippen molar-refractivity contribution in [2.24, 2.45) is 5.92 Å². The predicted octanol–water partition coefficient (Wildman–Crippen LogP) is 3.93. The van der Waals surface area contributed by atoms with E-state index in [1.54, 1.807) is 0 Å². The third-order valence-electron chi connectivity index (χ3n) is 3.70. The van der Waals surface area contributed by atoms with Crippen LogP contribution in [0.15, 0.2) is 36.4 Å². The van der Waals surface area contributed by atoms with Gasteiger partial charge in [0.15, 0.2) is 6.10 Å². The van der Waals surface area contributed by atoms with Crippen molar-refractivity contribution in [3.63, 3.8) is 0 Å². The van der Waals surface area contributed by atoms with Crippen molar-refractivity contribution >= 4 is 17.6 Å². The van der Waals surface area contributed by atoms with Gasteiger partial charge in [-0.2, -0.15) is 13.2 Å². The van der Waals surface area contributed by atoms with Crippen molar-refractivity contribution < 1.29 is 27.5 Å². The van der Waals surface area contributed by atoms with Gasteiger partial charge >= 0.3 is 12.1 Å². The smallest absolute Gasteiger partial charge is 0.416 e. The Kier molecular flexibility index (Phi) is 5.64. The fraction of sp³-hybridized carbons (Fsp3) is 0.412. The Labute approximate surface area is 137 Å². The highest BCUT2D eigenvalue weighted by Gasteiger charge is 2.30. The van der Waals surface area contributed by atoms with Gasteiger partial charge in [0.25, 0.3) is 5.91 Å². The van der Waals surface area contributed by atoms with Crippen molar-refractivity contribution in [3.8, 4) is 0 Å². The molecule has 0 aromatic heterocycles. The van der Waals surface area contributed by atoms with Crippen LogP contribution in [0.5, 0.6) is 0 Å². The van der Waals surface area contributed by atoms with Crippen LogP contribution in [0.3, 0.4) is 0 Å². The van der Waals surface area contributed by atoms with E-state index in [0.29, 0.717) is 0 Å². The Morgan fingerprint density at radius 3 is 2.50 bits per heavy atom. The Bertz CT molecular complexity index is 623. The van der Waals surface area contributed by atoms with Gasteiger partial charge in [-0.1, -0.05) is 12.2 Å². The summed E-state index contributed by atoms with van der Waals surface area (Å²) in [5.74, 6) is -0.922. The summed E-state index contributed by atoms with van der Waals surface area (Å²) in [7, 11) is 0. The first-order valence-corrected chi connectivity index (χ1v) is 7.60. The topological polar surface area (TPSA) is 55.4 Å². The standard InChI is InChI=1S/C17H18F3NO3/c1-11(24-15(22)10-12-4-2-3-5-12)16(23)21-14-8-6-13(7-9-14)17(18,19)20/h2,4,6-9,11-12H,3,5,10H2,1H3,(H,21,23)/t11-,12-/m1/s1. The van der Waals surface area contributed by atoms with Gasteiger partial charge in [-0.25, -0.2) is 0 Å². The molecule has 1 aromatic carbocycles. The van der Waals surface area contributed by atoms with Gasteiger partial charge < -0.3 is 10.1 Å². The van der Waals surface area contributed by atoms with E-state index in [0.717, 1.165) is 37.1 Å². The molecular formula is C17H18F3NO3. The number of halogens is 3. The van der Waals surface area contributed by atoms with Gasteiger partial charge in [-0.3, -0.25) is 9.59 Å². The lowest BCUT2D eigenvalue weighted by molar-refractivity contribution is -0.153. The molecule has 0 unspecified atom stereocenters. The van der Waals surface area contributed by atoms with Gasteiger partial charge in [0.05, 0.1) is 12.0 Å². The van der Waals surface area contributed by atoms with Crippen molar-refractivity contribution in [2.75, 3.05) is 5.32 Å². The van der Waals surface area contributed by atoms with Crippen LogP contribution in [-0.2, 0) is 20.5 Å². The fourth-order valence-electron chi connectivity index (χ4n) is 2.36. The Morgan fingerprint density at radius 2 is 1.96 bits per heavy atom. The average molecular weight is 341 g/mol. The minimum Gasteiger partial charge on any atom is -0.453 e. The molecule has 2 atom stereocenters. The molecule has 0 aliphatic heterocycles. The molecule has 0 fully saturated rings. The number of amides is 1. The minimum atomic E-state index is -4.43. The number of allylic oxidation sites excluding steroid dienone is 2. The molecule has 0 radical (unpaired) electrons. The number of nitrogens with one attached hydrogen (secondary N) is 1. The van der Waals surface area contributed by atoms with Gasteiger partial charge in [-0.15, -0.1) is 0 Å². The lowest BCUT2D eigenvalue weighted by Crippen LogP contribution is -2.30. The summed E-state index contributed by atoms with van der Waals surface area (Å²) in [6, 6.07) is 4.05. The number of anilines is 1. The van der Waals surface area contributed by atoms with Crippen molar-refractivity contribution in [1.82, 2.24) is 0 Å². The maximum Gasteiger partial charge on any atom is 0.416 e. The second-order valence-electron chi connectivity index (χ2n) is 5.67. The zero-order valence-corrected chi connectivity index (χ0v) is 13.1. The van der Waals surface area contributed by atoms with Crippen molar-refractivity contribution in [2.45, 2.75) is 38.5 Å². The summed E-state index contributed by atoms with van der Waals surface area (Å²) in [4.78, 5) is 23.7. The molecule has 130 valence electrons. The normalized spacial score (nSPS) is 18.2. The molecule has 0 saturated carbocycles. The van der Waals surface area contributed by atoms with E-state index in [1.807, 2.05) is 12.2 Å². The Morgan fingerprint density at radius 1 is 1.29 bits per heavy atom. The summed E-state index contributed by atoms with van der Waals surface area (Å²) in [5.41, 5.74) is -0.598. The molecule has 1 aliphatic rings. The number of carbonyl (C=O) groups is 2. The van der Waals surface area contributed by atoms with E-state index < -0.39 is 29.7 Å². The van der Waals surface area contributed by atoms with Crippen LogP contribution in [0.1, 0.15) is 31.7 Å². The van der Waals surface area contributed by atoms with Crippen LogP contribution in [-0.4, -0.2) is 18.0 Å². The number of benzene rings is 1. The quantitative estimate of drug-likeness (QED) is 0.652. The van der Waals surface area contributed by atoms with E-state index in [2.05, 4.69) is 5.32 Å². The highest BCUT2D eigenvalue weighted by molar-refractivity contribution is 5.95. The number of hydrogen-bond donors (Lipinski definition) is 1. The lowest BCUT2D eigenvalue weighted by Gasteiger charge is -2.15. The number of hydrogen-bond acceptors (Lipinski definition) is 3. The van der Waals surface area contributed by atoms with Crippen LogP contribution in [0.25, 0.3) is 0 Å². The summed E-state index contributed by atoms with van der Waals surface area (Å²) in [6.45, 7) is 1.42. The third-order valence-corrected chi connectivity index (χ3v) is 3.70. The number of esters is 1. The van der Waals surface area contributed by atoms with Crippen LogP contribution in [0.4, 0.5) is 18.9 Å². The molecule has 1 N–H and O–H groups in total. The molecule has 24 heavy (non-hydrogen) atoms. The van der Waals surface area contributed by atoms with E-state index in [-0.39, 0.29) is 18.0 Å². The summed E-state index contributed by atoms with van der Waals surface area (Å²) in [5, 5.41) is 2.42.